The van der Waals surface area contributed by atoms with E-state index >= 15 is 0 Å². The molecule has 3 aromatic carbocycles. The predicted octanol–water partition coefficient (Wildman–Crippen LogP) is 5.56. The first-order valence-corrected chi connectivity index (χ1v) is 9.82. The minimum Gasteiger partial charge on any atom is -0.497 e. The number of ether oxygens (including phenoxy) is 1. The standard InChI is InChI=1S/C25H22N2O4/c1-15-8-9-17(14-16(15)2)24(28)27-22-20-6-4-5-7-21(20)31-23(22)25(29)26-18-10-12-19(30-3)13-11-18/h4-14H,1-3H3,(H,26,29)(H,27,28). The van der Waals surface area contributed by atoms with Crippen LogP contribution in [-0.4, -0.2) is 18.9 Å². The van der Waals surface area contributed by atoms with E-state index in [4.69, 9.17) is 9.15 Å². The fourth-order valence-electron chi connectivity index (χ4n) is 3.26. The molecule has 4 rings (SSSR count). The van der Waals surface area contributed by atoms with Crippen molar-refractivity contribution < 1.29 is 18.7 Å². The molecule has 0 unspecified atom stereocenters. The van der Waals surface area contributed by atoms with Crippen molar-refractivity contribution in [3.8, 4) is 5.75 Å². The summed E-state index contributed by atoms with van der Waals surface area (Å²) in [6, 6.07) is 19.6. The van der Waals surface area contributed by atoms with E-state index in [1.54, 1.807) is 49.6 Å². The Morgan fingerprint density at radius 1 is 0.839 bits per heavy atom. The first kappa shape index (κ1) is 20.2. The van der Waals surface area contributed by atoms with Crippen LogP contribution in [0.5, 0.6) is 5.75 Å². The van der Waals surface area contributed by atoms with Crippen molar-refractivity contribution in [3.05, 3.63) is 89.2 Å². The highest BCUT2D eigenvalue weighted by molar-refractivity contribution is 6.16. The number of furan rings is 1. The zero-order valence-corrected chi connectivity index (χ0v) is 17.5. The van der Waals surface area contributed by atoms with E-state index in [-0.39, 0.29) is 11.7 Å². The van der Waals surface area contributed by atoms with E-state index in [0.29, 0.717) is 33.7 Å². The maximum absolute atomic E-state index is 13.0. The molecule has 0 spiro atoms. The molecular formula is C25H22N2O4. The van der Waals surface area contributed by atoms with Gasteiger partial charge in [-0.05, 0) is 73.5 Å². The lowest BCUT2D eigenvalue weighted by Crippen LogP contribution is -2.17. The molecule has 0 fully saturated rings. The van der Waals surface area contributed by atoms with Gasteiger partial charge in [-0.25, -0.2) is 0 Å². The molecule has 0 aliphatic rings. The Hall–Kier alpha value is -4.06. The van der Waals surface area contributed by atoms with Crippen LogP contribution in [0.4, 0.5) is 11.4 Å². The van der Waals surface area contributed by atoms with Gasteiger partial charge < -0.3 is 19.8 Å². The van der Waals surface area contributed by atoms with Crippen molar-refractivity contribution in [3.63, 3.8) is 0 Å². The lowest BCUT2D eigenvalue weighted by Gasteiger charge is -2.09. The van der Waals surface area contributed by atoms with Gasteiger partial charge in [0.05, 0.1) is 7.11 Å². The van der Waals surface area contributed by atoms with Gasteiger partial charge in [0, 0.05) is 16.6 Å². The van der Waals surface area contributed by atoms with E-state index in [1.165, 1.54) is 0 Å². The minimum absolute atomic E-state index is 0.0363. The second-order valence-electron chi connectivity index (χ2n) is 7.24. The zero-order chi connectivity index (χ0) is 22.0. The number of anilines is 2. The highest BCUT2D eigenvalue weighted by Gasteiger charge is 2.23. The number of hydrogen-bond donors (Lipinski definition) is 2. The number of para-hydroxylation sites is 1. The van der Waals surface area contributed by atoms with Crippen LogP contribution in [0.25, 0.3) is 11.0 Å². The Morgan fingerprint density at radius 3 is 2.29 bits per heavy atom. The summed E-state index contributed by atoms with van der Waals surface area (Å²) in [5.41, 5.74) is 4.06. The molecule has 0 aliphatic heterocycles. The lowest BCUT2D eigenvalue weighted by molar-refractivity contribution is 0.0999. The van der Waals surface area contributed by atoms with Crippen LogP contribution < -0.4 is 15.4 Å². The zero-order valence-electron chi connectivity index (χ0n) is 17.5. The monoisotopic (exact) mass is 414 g/mol. The molecule has 0 saturated carbocycles. The van der Waals surface area contributed by atoms with Crippen molar-refractivity contribution in [1.82, 2.24) is 0 Å². The Bertz CT molecular complexity index is 1270. The van der Waals surface area contributed by atoms with Gasteiger partial charge in [-0.15, -0.1) is 0 Å². The fourth-order valence-corrected chi connectivity index (χ4v) is 3.26. The van der Waals surface area contributed by atoms with Crippen LogP contribution in [0.2, 0.25) is 0 Å². The first-order chi connectivity index (χ1) is 15.0. The van der Waals surface area contributed by atoms with Gasteiger partial charge in [0.1, 0.15) is 17.0 Å². The number of benzene rings is 3. The van der Waals surface area contributed by atoms with Gasteiger partial charge in [-0.3, -0.25) is 9.59 Å². The summed E-state index contributed by atoms with van der Waals surface area (Å²) >= 11 is 0. The Balaban J connectivity index is 1.67. The molecule has 6 heteroatoms. The highest BCUT2D eigenvalue weighted by atomic mass is 16.5. The van der Waals surface area contributed by atoms with Crippen molar-refractivity contribution in [2.24, 2.45) is 0 Å². The summed E-state index contributed by atoms with van der Waals surface area (Å²) < 4.78 is 10.9. The number of nitrogens with one attached hydrogen (secondary N) is 2. The number of amides is 2. The summed E-state index contributed by atoms with van der Waals surface area (Å²) in [6.07, 6.45) is 0. The summed E-state index contributed by atoms with van der Waals surface area (Å²) in [6.45, 7) is 3.94. The van der Waals surface area contributed by atoms with Crippen LogP contribution >= 0.6 is 0 Å². The molecule has 31 heavy (non-hydrogen) atoms. The molecule has 1 aromatic heterocycles. The van der Waals surface area contributed by atoms with Crippen molar-refractivity contribution in [2.75, 3.05) is 17.7 Å². The molecule has 2 amide bonds. The average molecular weight is 414 g/mol. The number of aryl methyl sites for hydroxylation is 2. The summed E-state index contributed by atoms with van der Waals surface area (Å²) in [5.74, 6) is -0.0535. The molecule has 0 radical (unpaired) electrons. The molecule has 4 aromatic rings. The maximum Gasteiger partial charge on any atom is 0.293 e. The van der Waals surface area contributed by atoms with Gasteiger partial charge in [-0.1, -0.05) is 18.2 Å². The van der Waals surface area contributed by atoms with Crippen LogP contribution in [0, 0.1) is 13.8 Å². The van der Waals surface area contributed by atoms with Crippen molar-refractivity contribution >= 4 is 34.2 Å². The van der Waals surface area contributed by atoms with Crippen molar-refractivity contribution in [2.45, 2.75) is 13.8 Å². The maximum atomic E-state index is 13.0. The third-order valence-corrected chi connectivity index (χ3v) is 5.16. The lowest BCUT2D eigenvalue weighted by atomic mass is 10.1. The molecule has 0 aliphatic carbocycles. The Kier molecular flexibility index (Phi) is 5.45. The Labute approximate surface area is 179 Å². The summed E-state index contributed by atoms with van der Waals surface area (Å²) in [4.78, 5) is 25.9. The minimum atomic E-state index is -0.461. The van der Waals surface area contributed by atoms with Gasteiger partial charge >= 0.3 is 0 Å². The molecule has 6 nitrogen and oxygen atoms in total. The second kappa shape index (κ2) is 8.36. The number of fused-ring (bicyclic) bond motifs is 1. The molecule has 1 heterocycles. The molecule has 0 saturated heterocycles. The van der Waals surface area contributed by atoms with Gasteiger partial charge in [0.25, 0.3) is 11.8 Å². The van der Waals surface area contributed by atoms with E-state index in [9.17, 15) is 9.59 Å². The molecule has 156 valence electrons. The summed E-state index contributed by atoms with van der Waals surface area (Å²) in [5, 5.41) is 6.32. The largest absolute Gasteiger partial charge is 0.497 e. The van der Waals surface area contributed by atoms with E-state index in [0.717, 1.165) is 11.1 Å². The molecule has 2 N–H and O–H groups in total. The van der Waals surface area contributed by atoms with Crippen molar-refractivity contribution in [1.29, 1.82) is 0 Å². The normalized spacial score (nSPS) is 10.7. The topological polar surface area (TPSA) is 80.6 Å². The van der Waals surface area contributed by atoms with Crippen LogP contribution in [-0.2, 0) is 0 Å². The van der Waals surface area contributed by atoms with Gasteiger partial charge in [0.15, 0.2) is 0 Å². The quantitative estimate of drug-likeness (QED) is 0.448. The van der Waals surface area contributed by atoms with Crippen LogP contribution in [0.15, 0.2) is 71.1 Å². The average Bonchev–Trinajstić information content (AvgIpc) is 3.14. The first-order valence-electron chi connectivity index (χ1n) is 9.82. The number of carbonyl (C=O) groups is 2. The third kappa shape index (κ3) is 4.14. The SMILES string of the molecule is COc1ccc(NC(=O)c2oc3ccccc3c2NC(=O)c2ccc(C)c(C)c2)cc1. The third-order valence-electron chi connectivity index (χ3n) is 5.16. The highest BCUT2D eigenvalue weighted by Crippen LogP contribution is 2.32. The molecule has 0 bridgehead atoms. The number of rotatable bonds is 5. The smallest absolute Gasteiger partial charge is 0.293 e. The van der Waals surface area contributed by atoms with E-state index < -0.39 is 5.91 Å². The molecule has 0 atom stereocenters. The van der Waals surface area contributed by atoms with Crippen LogP contribution in [0.3, 0.4) is 0 Å². The summed E-state index contributed by atoms with van der Waals surface area (Å²) in [7, 11) is 1.58. The van der Waals surface area contributed by atoms with E-state index in [1.807, 2.05) is 38.1 Å². The molecular weight excluding hydrogens is 392 g/mol. The van der Waals surface area contributed by atoms with Gasteiger partial charge in [-0.2, -0.15) is 0 Å². The van der Waals surface area contributed by atoms with Gasteiger partial charge in [0.2, 0.25) is 5.76 Å². The number of carbonyl (C=O) groups excluding carboxylic acids is 2. The second-order valence-corrected chi connectivity index (χ2v) is 7.24. The number of methoxy groups -OCH3 is 1. The van der Waals surface area contributed by atoms with E-state index in [2.05, 4.69) is 10.6 Å². The fraction of sp³-hybridized carbons (Fsp3) is 0.120. The van der Waals surface area contributed by atoms with Crippen LogP contribution in [0.1, 0.15) is 32.0 Å². The number of hydrogen-bond acceptors (Lipinski definition) is 4. The predicted molar refractivity (Wildman–Crippen MR) is 121 cm³/mol. The Morgan fingerprint density at radius 2 is 1.58 bits per heavy atom.